The van der Waals surface area contributed by atoms with Crippen molar-refractivity contribution in [1.82, 2.24) is 4.90 Å². The summed E-state index contributed by atoms with van der Waals surface area (Å²) in [6, 6.07) is 13.3. The number of hydrogen-bond acceptors (Lipinski definition) is 8. The molecule has 224 valence electrons. The monoisotopic (exact) mass is 687 g/mol. The second-order valence-corrected chi connectivity index (χ2v) is 11.6. The van der Waals surface area contributed by atoms with E-state index in [4.69, 9.17) is 25.8 Å². The molecule has 1 aliphatic rings. The van der Waals surface area contributed by atoms with Crippen LogP contribution in [0.3, 0.4) is 0 Å². The fourth-order valence-electron chi connectivity index (χ4n) is 3.98. The van der Waals surface area contributed by atoms with Crippen molar-refractivity contribution in [3.63, 3.8) is 0 Å². The van der Waals surface area contributed by atoms with E-state index in [1.54, 1.807) is 30.3 Å². The number of ether oxygens (including phenoxy) is 3. The van der Waals surface area contributed by atoms with Crippen LogP contribution in [-0.2, 0) is 14.4 Å². The number of aryl methyl sites for hydroxylation is 2. The van der Waals surface area contributed by atoms with E-state index in [1.165, 1.54) is 26.4 Å². The molecule has 0 aromatic heterocycles. The molecule has 43 heavy (non-hydrogen) atoms. The highest BCUT2D eigenvalue weighted by molar-refractivity contribution is 9.10. The molecule has 0 saturated carbocycles. The first kappa shape index (κ1) is 31.9. The molecule has 3 aromatic carbocycles. The van der Waals surface area contributed by atoms with E-state index in [0.29, 0.717) is 39.2 Å². The van der Waals surface area contributed by atoms with Gasteiger partial charge in [-0.3, -0.25) is 24.1 Å². The van der Waals surface area contributed by atoms with Crippen LogP contribution in [0.4, 0.5) is 16.2 Å². The average molecular weight is 689 g/mol. The maximum absolute atomic E-state index is 13.0. The number of anilines is 2. The number of halogens is 2. The molecular weight excluding hydrogens is 662 g/mol. The number of hydrogen-bond donors (Lipinski definition) is 2. The molecule has 4 rings (SSSR count). The molecule has 1 aliphatic heterocycles. The molecule has 13 heteroatoms. The lowest BCUT2D eigenvalue weighted by Crippen LogP contribution is -2.36. The fourth-order valence-corrected chi connectivity index (χ4v) is 5.63. The van der Waals surface area contributed by atoms with Crippen molar-refractivity contribution in [2.45, 2.75) is 13.8 Å². The largest absolute Gasteiger partial charge is 0.495 e. The average Bonchev–Trinajstić information content (AvgIpc) is 3.22. The Bertz CT molecular complexity index is 1650. The molecule has 0 radical (unpaired) electrons. The van der Waals surface area contributed by atoms with Crippen LogP contribution in [0.1, 0.15) is 16.7 Å². The molecular formula is C30H27BrClN3O7S. The lowest BCUT2D eigenvalue weighted by Gasteiger charge is -2.13. The molecule has 2 N–H and O–H groups in total. The van der Waals surface area contributed by atoms with Gasteiger partial charge in [0.2, 0.25) is 5.91 Å². The molecule has 4 amide bonds. The number of carbonyl (C=O) groups is 4. The number of nitrogens with one attached hydrogen (secondary N) is 2. The molecule has 1 saturated heterocycles. The third kappa shape index (κ3) is 7.89. The number of carbonyl (C=O) groups excluding carboxylic acids is 4. The number of amides is 4. The van der Waals surface area contributed by atoms with Crippen molar-refractivity contribution >= 4 is 79.7 Å². The molecule has 3 aromatic rings. The zero-order chi connectivity index (χ0) is 31.3. The minimum atomic E-state index is -0.605. The summed E-state index contributed by atoms with van der Waals surface area (Å²) in [6.07, 6.45) is 1.52. The van der Waals surface area contributed by atoms with E-state index < -0.39 is 23.6 Å². The van der Waals surface area contributed by atoms with Crippen molar-refractivity contribution < 1.29 is 33.4 Å². The van der Waals surface area contributed by atoms with Crippen LogP contribution in [0.25, 0.3) is 6.08 Å². The van der Waals surface area contributed by atoms with Crippen LogP contribution in [0.2, 0.25) is 5.02 Å². The summed E-state index contributed by atoms with van der Waals surface area (Å²) >= 11 is 10.3. The Labute approximate surface area is 265 Å². The number of thioether (sulfide) groups is 1. The van der Waals surface area contributed by atoms with Crippen LogP contribution in [-0.4, -0.2) is 55.2 Å². The van der Waals surface area contributed by atoms with E-state index in [1.807, 2.05) is 26.0 Å². The predicted octanol–water partition coefficient (Wildman–Crippen LogP) is 6.43. The van der Waals surface area contributed by atoms with E-state index >= 15 is 0 Å². The van der Waals surface area contributed by atoms with Gasteiger partial charge in [-0.05, 0) is 107 Å². The Morgan fingerprint density at radius 2 is 1.63 bits per heavy atom. The summed E-state index contributed by atoms with van der Waals surface area (Å²) in [5.74, 6) is -0.446. The van der Waals surface area contributed by atoms with Gasteiger partial charge < -0.3 is 24.8 Å². The minimum Gasteiger partial charge on any atom is -0.495 e. The summed E-state index contributed by atoms with van der Waals surface area (Å²) in [7, 11) is 2.92. The van der Waals surface area contributed by atoms with Gasteiger partial charge in [-0.1, -0.05) is 17.7 Å². The van der Waals surface area contributed by atoms with Gasteiger partial charge in [-0.15, -0.1) is 0 Å². The summed E-state index contributed by atoms with van der Waals surface area (Å²) in [6.45, 7) is 3.20. The lowest BCUT2D eigenvalue weighted by molar-refractivity contribution is -0.127. The van der Waals surface area contributed by atoms with Gasteiger partial charge in [-0.25, -0.2) is 0 Å². The number of benzene rings is 3. The van der Waals surface area contributed by atoms with Gasteiger partial charge in [-0.2, -0.15) is 0 Å². The molecule has 0 spiro atoms. The first-order valence-corrected chi connectivity index (χ1v) is 14.7. The predicted molar refractivity (Wildman–Crippen MR) is 170 cm³/mol. The van der Waals surface area contributed by atoms with E-state index in [0.717, 1.165) is 32.3 Å². The molecule has 1 fully saturated rings. The number of nitrogens with zero attached hydrogens (tertiary/aromatic N) is 1. The second-order valence-electron chi connectivity index (χ2n) is 9.33. The lowest BCUT2D eigenvalue weighted by atomic mass is 10.1. The minimum absolute atomic E-state index is 0.138. The van der Waals surface area contributed by atoms with Crippen LogP contribution >= 0.6 is 39.3 Å². The van der Waals surface area contributed by atoms with E-state index in [2.05, 4.69) is 26.6 Å². The normalized spacial score (nSPS) is 13.7. The third-order valence-corrected chi connectivity index (χ3v) is 8.17. The third-order valence-electron chi connectivity index (χ3n) is 6.31. The second kappa shape index (κ2) is 14.0. The smallest absolute Gasteiger partial charge is 0.294 e. The highest BCUT2D eigenvalue weighted by atomic mass is 79.9. The molecule has 1 heterocycles. The molecule has 10 nitrogen and oxygen atoms in total. The quantitative estimate of drug-likeness (QED) is 0.234. The zero-order valence-corrected chi connectivity index (χ0v) is 26.7. The van der Waals surface area contributed by atoms with Crippen LogP contribution < -0.4 is 24.8 Å². The summed E-state index contributed by atoms with van der Waals surface area (Å²) < 4.78 is 17.0. The zero-order valence-electron chi connectivity index (χ0n) is 23.6. The van der Waals surface area contributed by atoms with Crippen molar-refractivity contribution in [1.29, 1.82) is 0 Å². The standard InChI is InChI=1S/C30H27BrClN3O7S/c1-16-9-20(31)22(10-17(16)2)34-28(37)15-42-24-7-5-18(11-25(24)41-4)12-26-29(38)35(30(39)43-26)14-27(36)33-19-6-8-23(40-3)21(32)13-19/h5-13H,14-15H2,1-4H3,(H,33,36)(H,34,37)/b26-12+. The Balaban J connectivity index is 1.38. The Morgan fingerprint density at radius 3 is 2.33 bits per heavy atom. The number of methoxy groups -OCH3 is 2. The first-order chi connectivity index (χ1) is 20.5. The van der Waals surface area contributed by atoms with Crippen molar-refractivity contribution in [2.75, 3.05) is 38.0 Å². The van der Waals surface area contributed by atoms with Gasteiger partial charge in [0.25, 0.3) is 17.1 Å². The van der Waals surface area contributed by atoms with Crippen LogP contribution in [0.15, 0.2) is 57.9 Å². The van der Waals surface area contributed by atoms with Crippen molar-refractivity contribution in [3.05, 3.63) is 79.6 Å². The number of imide groups is 1. The van der Waals surface area contributed by atoms with Gasteiger partial charge in [0.1, 0.15) is 12.3 Å². The SMILES string of the molecule is COc1ccc(NC(=O)CN2C(=O)S/C(=C/c3ccc(OCC(=O)Nc4cc(C)c(C)cc4Br)c(OC)c3)C2=O)cc1Cl. The molecule has 0 bridgehead atoms. The summed E-state index contributed by atoms with van der Waals surface area (Å²) in [4.78, 5) is 51.6. The summed E-state index contributed by atoms with van der Waals surface area (Å²) in [5, 5.41) is 5.15. The summed E-state index contributed by atoms with van der Waals surface area (Å²) in [5.41, 5.74) is 3.71. The Morgan fingerprint density at radius 1 is 0.930 bits per heavy atom. The van der Waals surface area contributed by atoms with Crippen molar-refractivity contribution in [3.8, 4) is 17.2 Å². The number of rotatable bonds is 10. The van der Waals surface area contributed by atoms with Crippen molar-refractivity contribution in [2.24, 2.45) is 0 Å². The maximum Gasteiger partial charge on any atom is 0.294 e. The molecule has 0 aliphatic carbocycles. The maximum atomic E-state index is 13.0. The molecule has 0 atom stereocenters. The van der Waals surface area contributed by atoms with E-state index in [-0.39, 0.29) is 17.4 Å². The van der Waals surface area contributed by atoms with Gasteiger partial charge >= 0.3 is 0 Å². The Kier molecular flexibility index (Phi) is 10.4. The Hall–Kier alpha value is -4.00. The van der Waals surface area contributed by atoms with Gasteiger partial charge in [0.05, 0.1) is 29.8 Å². The highest BCUT2D eigenvalue weighted by Crippen LogP contribution is 2.35. The topological polar surface area (TPSA) is 123 Å². The first-order valence-electron chi connectivity index (χ1n) is 12.7. The van der Waals surface area contributed by atoms with Crippen LogP contribution in [0, 0.1) is 13.8 Å². The fraction of sp³-hybridized carbons (Fsp3) is 0.200. The van der Waals surface area contributed by atoms with E-state index in [9.17, 15) is 19.2 Å². The van der Waals surface area contributed by atoms with Crippen LogP contribution in [0.5, 0.6) is 17.2 Å². The molecule has 0 unspecified atom stereocenters. The van der Waals surface area contributed by atoms with Gasteiger partial charge in [0, 0.05) is 10.2 Å². The van der Waals surface area contributed by atoms with Gasteiger partial charge in [0.15, 0.2) is 18.1 Å². The highest BCUT2D eigenvalue weighted by Gasteiger charge is 2.36.